The van der Waals surface area contributed by atoms with E-state index in [1.54, 1.807) is 0 Å². The smallest absolute Gasteiger partial charge is 0.243 e. The first-order valence-corrected chi connectivity index (χ1v) is 8.82. The molecule has 0 aliphatic carbocycles. The fraction of sp³-hybridized carbons (Fsp3) is 0.611. The summed E-state index contributed by atoms with van der Waals surface area (Å²) in [6.45, 7) is 11.7. The molecule has 6 nitrogen and oxygen atoms in total. The van der Waals surface area contributed by atoms with Crippen molar-refractivity contribution >= 4 is 0 Å². The van der Waals surface area contributed by atoms with Crippen LogP contribution in [0, 0.1) is 0 Å². The van der Waals surface area contributed by atoms with Gasteiger partial charge in [0, 0.05) is 51.0 Å². The fourth-order valence-electron chi connectivity index (χ4n) is 3.02. The predicted molar refractivity (Wildman–Crippen MR) is 92.8 cm³/mol. The first-order valence-electron chi connectivity index (χ1n) is 8.82. The van der Waals surface area contributed by atoms with Crippen molar-refractivity contribution in [1.82, 2.24) is 24.9 Å². The summed E-state index contributed by atoms with van der Waals surface area (Å²) in [5.74, 6) is 1.84. The highest BCUT2D eigenvalue weighted by atomic mass is 16.5. The van der Waals surface area contributed by atoms with E-state index < -0.39 is 0 Å². The van der Waals surface area contributed by atoms with Crippen molar-refractivity contribution in [2.75, 3.05) is 32.7 Å². The van der Waals surface area contributed by atoms with Gasteiger partial charge in [-0.05, 0) is 31.0 Å². The largest absolute Gasteiger partial charge is 0.338 e. The third-order valence-corrected chi connectivity index (χ3v) is 4.75. The monoisotopic (exact) mass is 329 g/mol. The number of aromatic nitrogens is 3. The highest BCUT2D eigenvalue weighted by molar-refractivity contribution is 5.10. The van der Waals surface area contributed by atoms with E-state index in [-0.39, 0.29) is 6.04 Å². The van der Waals surface area contributed by atoms with Gasteiger partial charge in [-0.15, -0.1) is 0 Å². The molecule has 0 spiro atoms. The molecule has 1 saturated heterocycles. The second-order valence-corrected chi connectivity index (χ2v) is 6.80. The van der Waals surface area contributed by atoms with Crippen LogP contribution in [-0.4, -0.2) is 57.6 Å². The van der Waals surface area contributed by atoms with Crippen LogP contribution in [0.15, 0.2) is 29.0 Å². The predicted octanol–water partition coefficient (Wildman–Crippen LogP) is 2.51. The summed E-state index contributed by atoms with van der Waals surface area (Å²) in [7, 11) is 0. The van der Waals surface area contributed by atoms with Crippen LogP contribution in [-0.2, 0) is 6.42 Å². The van der Waals surface area contributed by atoms with Crippen LogP contribution in [0.25, 0.3) is 0 Å². The minimum absolute atomic E-state index is 0.187. The van der Waals surface area contributed by atoms with Crippen molar-refractivity contribution in [2.24, 2.45) is 0 Å². The van der Waals surface area contributed by atoms with Crippen LogP contribution >= 0.6 is 0 Å². The summed E-state index contributed by atoms with van der Waals surface area (Å²) in [5, 5.41) is 4.08. The highest BCUT2D eigenvalue weighted by Crippen LogP contribution is 2.22. The molecule has 0 saturated carbocycles. The van der Waals surface area contributed by atoms with Gasteiger partial charge in [0.2, 0.25) is 5.89 Å². The maximum Gasteiger partial charge on any atom is 0.243 e. The first-order chi connectivity index (χ1) is 11.6. The van der Waals surface area contributed by atoms with Gasteiger partial charge >= 0.3 is 0 Å². The maximum absolute atomic E-state index is 5.45. The van der Waals surface area contributed by atoms with Crippen molar-refractivity contribution in [1.29, 1.82) is 0 Å². The highest BCUT2D eigenvalue weighted by Gasteiger charge is 2.25. The van der Waals surface area contributed by atoms with Gasteiger partial charge in [-0.2, -0.15) is 4.98 Å². The molecule has 0 unspecified atom stereocenters. The lowest BCUT2D eigenvalue weighted by molar-refractivity contribution is 0.0890. The van der Waals surface area contributed by atoms with Crippen LogP contribution < -0.4 is 0 Å². The third-order valence-electron chi connectivity index (χ3n) is 4.75. The lowest BCUT2D eigenvalue weighted by Gasteiger charge is -2.36. The Morgan fingerprint density at radius 3 is 2.42 bits per heavy atom. The van der Waals surface area contributed by atoms with E-state index in [0.29, 0.717) is 5.92 Å². The molecule has 6 heteroatoms. The first kappa shape index (κ1) is 17.0. The third kappa shape index (κ3) is 4.19. The van der Waals surface area contributed by atoms with Crippen molar-refractivity contribution in [3.05, 3.63) is 41.8 Å². The van der Waals surface area contributed by atoms with Gasteiger partial charge in [0.25, 0.3) is 0 Å². The Balaban J connectivity index is 1.47. The molecule has 1 aliphatic rings. The Labute approximate surface area is 143 Å². The molecule has 130 valence electrons. The van der Waals surface area contributed by atoms with Gasteiger partial charge in [0.05, 0.1) is 6.04 Å². The van der Waals surface area contributed by atoms with Gasteiger partial charge in [-0.25, -0.2) is 0 Å². The Bertz CT molecular complexity index is 619. The summed E-state index contributed by atoms with van der Waals surface area (Å²) in [6.07, 6.45) is 4.81. The van der Waals surface area contributed by atoms with Crippen molar-refractivity contribution in [3.63, 3.8) is 0 Å². The molecule has 24 heavy (non-hydrogen) atoms. The van der Waals surface area contributed by atoms with Crippen LogP contribution in [0.1, 0.15) is 50.0 Å². The molecule has 3 rings (SSSR count). The lowest BCUT2D eigenvalue weighted by atomic mass is 10.1. The van der Waals surface area contributed by atoms with E-state index in [0.717, 1.165) is 50.9 Å². The average Bonchev–Trinajstić information content (AvgIpc) is 3.11. The topological polar surface area (TPSA) is 58.3 Å². The van der Waals surface area contributed by atoms with E-state index in [9.17, 15) is 0 Å². The summed E-state index contributed by atoms with van der Waals surface area (Å²) in [5.41, 5.74) is 1.35. The average molecular weight is 329 g/mol. The van der Waals surface area contributed by atoms with E-state index >= 15 is 0 Å². The molecule has 0 bridgehead atoms. The van der Waals surface area contributed by atoms with E-state index in [1.165, 1.54) is 5.56 Å². The van der Waals surface area contributed by atoms with Crippen LogP contribution in [0.4, 0.5) is 0 Å². The minimum Gasteiger partial charge on any atom is -0.338 e. The SMILES string of the molecule is CC(C)c1noc([C@@H](C)N2CCN(CCc3ccncc3)CC2)n1. The van der Waals surface area contributed by atoms with Crippen LogP contribution in [0.5, 0.6) is 0 Å². The summed E-state index contributed by atoms with van der Waals surface area (Å²) in [4.78, 5) is 13.6. The molecule has 3 heterocycles. The second-order valence-electron chi connectivity index (χ2n) is 6.80. The van der Waals surface area contributed by atoms with Gasteiger partial charge in [0.1, 0.15) is 0 Å². The Morgan fingerprint density at radius 1 is 1.08 bits per heavy atom. The Kier molecular flexibility index (Phi) is 5.58. The zero-order valence-corrected chi connectivity index (χ0v) is 14.9. The second kappa shape index (κ2) is 7.85. The van der Waals surface area contributed by atoms with Gasteiger partial charge in [-0.1, -0.05) is 19.0 Å². The zero-order valence-electron chi connectivity index (χ0n) is 14.9. The molecule has 2 aromatic rings. The van der Waals surface area contributed by atoms with E-state index in [2.05, 4.69) is 57.8 Å². The standard InChI is InChI=1S/C18H27N5O/c1-14(2)17-20-18(24-21-17)15(3)23-12-10-22(11-13-23)9-6-16-4-7-19-8-5-16/h4-5,7-8,14-15H,6,9-13H2,1-3H3/t15-/m1/s1. The molecular weight excluding hydrogens is 302 g/mol. The zero-order chi connectivity index (χ0) is 16.9. The molecule has 1 fully saturated rings. The molecule has 2 aromatic heterocycles. The molecule has 0 aromatic carbocycles. The molecular formula is C18H27N5O. The van der Waals surface area contributed by atoms with Gasteiger partial charge < -0.3 is 9.42 Å². The van der Waals surface area contributed by atoms with Gasteiger partial charge in [0.15, 0.2) is 5.82 Å². The molecule has 0 amide bonds. The minimum atomic E-state index is 0.187. The molecule has 0 radical (unpaired) electrons. The number of pyridine rings is 1. The van der Waals surface area contributed by atoms with Crippen LogP contribution in [0.3, 0.4) is 0 Å². The number of rotatable bonds is 6. The van der Waals surface area contributed by atoms with E-state index in [1.807, 2.05) is 12.4 Å². The van der Waals surface area contributed by atoms with Crippen LogP contribution in [0.2, 0.25) is 0 Å². The molecule has 1 aliphatic heterocycles. The maximum atomic E-state index is 5.45. The summed E-state index contributed by atoms with van der Waals surface area (Å²) in [6, 6.07) is 4.38. The summed E-state index contributed by atoms with van der Waals surface area (Å²) < 4.78 is 5.45. The number of nitrogens with zero attached hydrogens (tertiary/aromatic N) is 5. The van der Waals surface area contributed by atoms with Crippen molar-refractivity contribution in [3.8, 4) is 0 Å². The van der Waals surface area contributed by atoms with E-state index in [4.69, 9.17) is 4.52 Å². The normalized spacial score (nSPS) is 18.2. The number of hydrogen-bond donors (Lipinski definition) is 0. The number of piperazine rings is 1. The van der Waals surface area contributed by atoms with Crippen molar-refractivity contribution < 1.29 is 4.52 Å². The fourth-order valence-corrected chi connectivity index (χ4v) is 3.02. The number of hydrogen-bond acceptors (Lipinski definition) is 6. The Hall–Kier alpha value is -1.79. The molecule has 0 N–H and O–H groups in total. The quantitative estimate of drug-likeness (QED) is 0.811. The summed E-state index contributed by atoms with van der Waals surface area (Å²) >= 11 is 0. The Morgan fingerprint density at radius 2 is 1.79 bits per heavy atom. The van der Waals surface area contributed by atoms with Crippen molar-refractivity contribution in [2.45, 2.75) is 39.2 Å². The molecule has 1 atom stereocenters. The lowest BCUT2D eigenvalue weighted by Crippen LogP contribution is -2.47. The van der Waals surface area contributed by atoms with Gasteiger partial charge in [-0.3, -0.25) is 9.88 Å².